The van der Waals surface area contributed by atoms with E-state index in [0.29, 0.717) is 31.7 Å². The third-order valence-corrected chi connectivity index (χ3v) is 11.4. The molecule has 1 unspecified atom stereocenters. The lowest BCUT2D eigenvalue weighted by Gasteiger charge is -2.52. The van der Waals surface area contributed by atoms with Crippen molar-refractivity contribution in [2.24, 2.45) is 0 Å². The van der Waals surface area contributed by atoms with E-state index in [0.717, 1.165) is 70.2 Å². The fraction of sp³-hybridized carbons (Fsp3) is 0.606. The summed E-state index contributed by atoms with van der Waals surface area (Å²) in [6.07, 6.45) is 1.39. The number of hydrogen-bond donors (Lipinski definition) is 2. The highest BCUT2D eigenvalue weighted by Crippen LogP contribution is 2.50. The number of alkyl halides is 4. The zero-order chi connectivity index (χ0) is 33.4. The number of nitrogen functional groups attached to an aromatic ring is 1. The number of benzene rings is 1. The Bertz CT molecular complexity index is 1750. The van der Waals surface area contributed by atoms with Crippen LogP contribution in [0.25, 0.3) is 22.2 Å². The van der Waals surface area contributed by atoms with Crippen molar-refractivity contribution in [2.75, 3.05) is 50.0 Å². The molecule has 4 fully saturated rings. The molecule has 9 nitrogen and oxygen atoms in total. The van der Waals surface area contributed by atoms with Crippen LogP contribution in [0.3, 0.4) is 0 Å². The Balaban J connectivity index is 1.33. The lowest BCUT2D eigenvalue weighted by atomic mass is 9.72. The van der Waals surface area contributed by atoms with Crippen molar-refractivity contribution >= 4 is 34.0 Å². The number of hydrogen-bond acceptors (Lipinski definition) is 9. The first kappa shape index (κ1) is 32.0. The van der Waals surface area contributed by atoms with E-state index in [4.69, 9.17) is 31.8 Å². The van der Waals surface area contributed by atoms with Gasteiger partial charge in [-0.3, -0.25) is 4.90 Å². The van der Waals surface area contributed by atoms with Crippen molar-refractivity contribution in [3.8, 4) is 23.1 Å². The minimum absolute atomic E-state index is 0.0789. The van der Waals surface area contributed by atoms with Gasteiger partial charge in [-0.1, -0.05) is 11.6 Å². The zero-order valence-corrected chi connectivity index (χ0v) is 27.1. The van der Waals surface area contributed by atoms with Gasteiger partial charge >= 0.3 is 12.2 Å². The number of pyridine rings is 1. The number of halogens is 6. The van der Waals surface area contributed by atoms with E-state index in [9.17, 15) is 17.6 Å². The van der Waals surface area contributed by atoms with Crippen LogP contribution >= 0.6 is 11.6 Å². The summed E-state index contributed by atoms with van der Waals surface area (Å²) in [4.78, 5) is 18.1. The SMILES string of the molecule is Nc1cc(Cl)c(C(F)(F)F)c(-c2nc3c4c(nc(OC[C@@]56CCCN5C[C@H](F)C6)nc4c2F)N(CC2CCCN2)C2(CCC2)CCO3)c1. The molecule has 3 saturated heterocycles. The van der Waals surface area contributed by atoms with E-state index in [1.54, 1.807) is 0 Å². The lowest BCUT2D eigenvalue weighted by Crippen LogP contribution is -2.58. The summed E-state index contributed by atoms with van der Waals surface area (Å²) < 4.78 is 87.1. The maximum atomic E-state index is 16.9. The summed E-state index contributed by atoms with van der Waals surface area (Å²) in [6.45, 7) is 2.86. The molecule has 48 heavy (non-hydrogen) atoms. The normalized spacial score (nSPS) is 26.8. The predicted molar refractivity (Wildman–Crippen MR) is 171 cm³/mol. The first-order chi connectivity index (χ1) is 23.0. The predicted octanol–water partition coefficient (Wildman–Crippen LogP) is 6.30. The number of anilines is 2. The molecule has 8 rings (SSSR count). The second-order valence-corrected chi connectivity index (χ2v) is 14.4. The maximum absolute atomic E-state index is 16.9. The third kappa shape index (κ3) is 5.29. The maximum Gasteiger partial charge on any atom is 0.418 e. The standard InChI is InChI=1S/C33H37ClF5N7O2/c34-22-13-19(40)12-21(24(22)33(37,38)39)26-25(36)27-23-28(44-30(43-27)48-17-32-7-3-10-45(32)15-18(35)14-32)46(16-20-4-1-9-41-20)31(5-2-6-31)8-11-47-29(23)42-26/h12-13,18,20,41H,1-11,14-17,40H2/t18-,20?,32+/m1/s1. The quantitative estimate of drug-likeness (QED) is 0.228. The van der Waals surface area contributed by atoms with Crippen LogP contribution in [-0.4, -0.2) is 82.5 Å². The van der Waals surface area contributed by atoms with Gasteiger partial charge in [-0.2, -0.15) is 23.1 Å². The summed E-state index contributed by atoms with van der Waals surface area (Å²) in [5.41, 5.74) is 2.18. The van der Waals surface area contributed by atoms with Gasteiger partial charge in [0.1, 0.15) is 35.2 Å². The molecule has 15 heteroatoms. The van der Waals surface area contributed by atoms with Crippen molar-refractivity contribution in [3.05, 3.63) is 28.5 Å². The van der Waals surface area contributed by atoms with Gasteiger partial charge in [0.15, 0.2) is 5.82 Å². The molecular weight excluding hydrogens is 657 g/mol. The number of fused-ring (bicyclic) bond motifs is 1. The number of aromatic nitrogens is 3. The summed E-state index contributed by atoms with van der Waals surface area (Å²) in [5.74, 6) is -0.816. The average Bonchev–Trinajstić information content (AvgIpc) is 3.72. The lowest BCUT2D eigenvalue weighted by molar-refractivity contribution is -0.137. The van der Waals surface area contributed by atoms with Gasteiger partial charge in [-0.05, 0) is 70.2 Å². The third-order valence-electron chi connectivity index (χ3n) is 11.1. The Morgan fingerprint density at radius 1 is 1.10 bits per heavy atom. The monoisotopic (exact) mass is 693 g/mol. The topological polar surface area (TPSA) is 102 Å². The Kier molecular flexibility index (Phi) is 7.79. The highest BCUT2D eigenvalue weighted by Gasteiger charge is 2.50. The second-order valence-electron chi connectivity index (χ2n) is 14.0. The second kappa shape index (κ2) is 11.7. The molecular formula is C33H37ClF5N7O2. The first-order valence-corrected chi connectivity index (χ1v) is 17.1. The fourth-order valence-corrected chi connectivity index (χ4v) is 8.95. The first-order valence-electron chi connectivity index (χ1n) is 16.7. The van der Waals surface area contributed by atoms with Gasteiger partial charge in [-0.15, -0.1) is 0 Å². The molecule has 0 radical (unpaired) electrons. The van der Waals surface area contributed by atoms with E-state index in [2.05, 4.69) is 25.1 Å². The van der Waals surface area contributed by atoms with E-state index >= 15 is 4.39 Å². The molecule has 2 aromatic heterocycles. The van der Waals surface area contributed by atoms with Crippen molar-refractivity contribution in [2.45, 2.75) is 87.3 Å². The number of ether oxygens (including phenoxy) is 2. The molecule has 0 bridgehead atoms. The number of nitrogens with one attached hydrogen (secondary N) is 1. The summed E-state index contributed by atoms with van der Waals surface area (Å²) >= 11 is 6.06. The van der Waals surface area contributed by atoms with Crippen LogP contribution in [0, 0.1) is 5.82 Å². The molecule has 0 amide bonds. The molecule has 6 heterocycles. The summed E-state index contributed by atoms with van der Waals surface area (Å²) in [5, 5.41) is 3.04. The minimum Gasteiger partial charge on any atom is -0.477 e. The highest BCUT2D eigenvalue weighted by atomic mass is 35.5. The molecule has 3 atom stereocenters. The van der Waals surface area contributed by atoms with E-state index in [1.807, 2.05) is 0 Å². The van der Waals surface area contributed by atoms with E-state index in [-0.39, 0.29) is 53.3 Å². The number of rotatable bonds is 6. The largest absolute Gasteiger partial charge is 0.477 e. The van der Waals surface area contributed by atoms with Crippen LogP contribution in [0.2, 0.25) is 5.02 Å². The van der Waals surface area contributed by atoms with Crippen molar-refractivity contribution in [1.29, 1.82) is 0 Å². The molecule has 1 saturated carbocycles. The van der Waals surface area contributed by atoms with E-state index in [1.165, 1.54) is 0 Å². The molecule has 1 spiro atoms. The van der Waals surface area contributed by atoms with Crippen LogP contribution in [-0.2, 0) is 6.18 Å². The van der Waals surface area contributed by atoms with Crippen molar-refractivity contribution in [1.82, 2.24) is 25.2 Å². The molecule has 3 aromatic rings. The Morgan fingerprint density at radius 3 is 2.67 bits per heavy atom. The van der Waals surface area contributed by atoms with Crippen molar-refractivity contribution in [3.63, 3.8) is 0 Å². The van der Waals surface area contributed by atoms with Gasteiger partial charge < -0.3 is 25.4 Å². The van der Waals surface area contributed by atoms with Gasteiger partial charge in [0, 0.05) is 48.8 Å². The Morgan fingerprint density at radius 2 is 1.94 bits per heavy atom. The van der Waals surface area contributed by atoms with Crippen LogP contribution < -0.4 is 25.4 Å². The van der Waals surface area contributed by atoms with Crippen LogP contribution in [0.5, 0.6) is 11.9 Å². The number of nitrogens with two attached hydrogens (primary N) is 1. The molecule has 1 aliphatic carbocycles. The summed E-state index contributed by atoms with van der Waals surface area (Å²) in [6, 6.07) is 2.00. The van der Waals surface area contributed by atoms with Gasteiger partial charge in [-0.25, -0.2) is 13.8 Å². The Labute approximate surface area is 279 Å². The smallest absolute Gasteiger partial charge is 0.418 e. The molecule has 3 N–H and O–H groups in total. The van der Waals surface area contributed by atoms with E-state index < -0.39 is 45.5 Å². The van der Waals surface area contributed by atoms with Crippen LogP contribution in [0.4, 0.5) is 33.5 Å². The van der Waals surface area contributed by atoms with Crippen LogP contribution in [0.1, 0.15) is 63.4 Å². The molecule has 258 valence electrons. The summed E-state index contributed by atoms with van der Waals surface area (Å²) in [7, 11) is 0. The van der Waals surface area contributed by atoms with Gasteiger partial charge in [0.2, 0.25) is 5.88 Å². The van der Waals surface area contributed by atoms with Gasteiger partial charge in [0.05, 0.1) is 22.7 Å². The minimum atomic E-state index is -4.94. The molecule has 1 aromatic carbocycles. The van der Waals surface area contributed by atoms with Crippen molar-refractivity contribution < 1.29 is 31.4 Å². The Hall–Kier alpha value is -3.23. The molecule has 5 aliphatic rings. The molecule has 4 aliphatic heterocycles. The van der Waals surface area contributed by atoms with Crippen LogP contribution in [0.15, 0.2) is 12.1 Å². The van der Waals surface area contributed by atoms with Gasteiger partial charge in [0.25, 0.3) is 0 Å². The number of nitrogens with zero attached hydrogens (tertiary/aromatic N) is 5. The fourth-order valence-electron chi connectivity index (χ4n) is 8.61. The zero-order valence-electron chi connectivity index (χ0n) is 26.3. The highest BCUT2D eigenvalue weighted by molar-refractivity contribution is 6.32. The average molecular weight is 694 g/mol.